The van der Waals surface area contributed by atoms with Crippen LogP contribution in [0.5, 0.6) is 0 Å². The van der Waals surface area contributed by atoms with Gasteiger partial charge in [-0.3, -0.25) is 4.79 Å². The van der Waals surface area contributed by atoms with E-state index in [1.165, 1.54) is 12.8 Å². The topological polar surface area (TPSA) is 49.3 Å². The van der Waals surface area contributed by atoms with Crippen molar-refractivity contribution in [2.45, 2.75) is 44.4 Å². The maximum Gasteiger partial charge on any atom is 0.225 e. The summed E-state index contributed by atoms with van der Waals surface area (Å²) in [4.78, 5) is 26.5. The number of piperidine rings is 1. The highest BCUT2D eigenvalue weighted by molar-refractivity contribution is 6.30. The van der Waals surface area contributed by atoms with Gasteiger partial charge in [-0.25, -0.2) is 9.97 Å². The Balaban J connectivity index is 1.66. The number of hydrogen-bond donors (Lipinski definition) is 0. The number of carbonyl (C=O) groups is 1. The van der Waals surface area contributed by atoms with E-state index in [0.717, 1.165) is 55.6 Å². The second-order valence-corrected chi connectivity index (χ2v) is 8.91. The Kier molecular flexibility index (Phi) is 6.04. The minimum Gasteiger partial charge on any atom is -0.347 e. The van der Waals surface area contributed by atoms with Crippen molar-refractivity contribution in [1.82, 2.24) is 14.9 Å². The number of hydrogen-bond acceptors (Lipinski definition) is 4. The highest BCUT2D eigenvalue weighted by Crippen LogP contribution is 2.36. The first-order valence-corrected chi connectivity index (χ1v) is 11.0. The zero-order valence-corrected chi connectivity index (χ0v) is 18.0. The van der Waals surface area contributed by atoms with E-state index in [1.807, 2.05) is 49.5 Å². The molecule has 4 rings (SSSR count). The number of rotatable bonds is 4. The summed E-state index contributed by atoms with van der Waals surface area (Å²) in [5, 5.41) is 0.701. The van der Waals surface area contributed by atoms with Gasteiger partial charge in [-0.05, 0) is 43.4 Å². The Morgan fingerprint density at radius 2 is 1.97 bits per heavy atom. The molecule has 1 atom stereocenters. The summed E-state index contributed by atoms with van der Waals surface area (Å²) in [5.74, 6) is 1.48. The zero-order valence-electron chi connectivity index (χ0n) is 17.3. The van der Waals surface area contributed by atoms with Gasteiger partial charge < -0.3 is 9.80 Å². The number of amides is 1. The van der Waals surface area contributed by atoms with Crippen LogP contribution in [-0.4, -0.2) is 48.0 Å². The Morgan fingerprint density at radius 1 is 1.17 bits per heavy atom. The monoisotopic (exact) mass is 412 g/mol. The van der Waals surface area contributed by atoms with Crippen molar-refractivity contribution < 1.29 is 4.79 Å². The van der Waals surface area contributed by atoms with Crippen LogP contribution in [0.4, 0.5) is 5.95 Å². The van der Waals surface area contributed by atoms with Crippen LogP contribution >= 0.6 is 11.6 Å². The Hall–Kier alpha value is -2.14. The molecule has 0 bridgehead atoms. The van der Waals surface area contributed by atoms with Crippen LogP contribution in [0.3, 0.4) is 0 Å². The van der Waals surface area contributed by atoms with Gasteiger partial charge >= 0.3 is 0 Å². The van der Waals surface area contributed by atoms with E-state index >= 15 is 0 Å². The molecule has 2 fully saturated rings. The molecule has 1 saturated carbocycles. The minimum atomic E-state index is 0.213. The van der Waals surface area contributed by atoms with Gasteiger partial charge in [0.2, 0.25) is 11.9 Å². The van der Waals surface area contributed by atoms with Crippen LogP contribution in [0.1, 0.15) is 50.1 Å². The van der Waals surface area contributed by atoms with Crippen LogP contribution in [0.15, 0.2) is 30.5 Å². The summed E-state index contributed by atoms with van der Waals surface area (Å²) < 4.78 is 0. The van der Waals surface area contributed by atoms with Gasteiger partial charge in [0.15, 0.2) is 0 Å². The first-order chi connectivity index (χ1) is 14.0. The zero-order chi connectivity index (χ0) is 20.4. The molecule has 0 N–H and O–H groups in total. The number of benzene rings is 1. The minimum absolute atomic E-state index is 0.213. The van der Waals surface area contributed by atoms with E-state index in [4.69, 9.17) is 16.6 Å². The van der Waals surface area contributed by atoms with Gasteiger partial charge in [-0.15, -0.1) is 0 Å². The molecule has 154 valence electrons. The molecule has 2 aromatic rings. The molecule has 29 heavy (non-hydrogen) atoms. The standard InChI is InChI=1S/C23H29ClN4O/c1-27(2)23-25-14-20(17-9-5-11-19(24)13-17)21(26-23)18-10-6-12-28(15-18)22(29)16-7-3-4-8-16/h5,9,11,13-14,16,18H,3-4,6-8,10,12,15H2,1-2H3/t18-/m1/s1. The molecule has 1 amide bonds. The maximum atomic E-state index is 13.0. The lowest BCUT2D eigenvalue weighted by atomic mass is 9.89. The van der Waals surface area contributed by atoms with Crippen molar-refractivity contribution in [3.05, 3.63) is 41.2 Å². The lowest BCUT2D eigenvalue weighted by Gasteiger charge is -2.35. The molecule has 0 spiro atoms. The maximum absolute atomic E-state index is 13.0. The largest absolute Gasteiger partial charge is 0.347 e. The van der Waals surface area contributed by atoms with E-state index in [0.29, 0.717) is 16.9 Å². The van der Waals surface area contributed by atoms with Crippen LogP contribution in [0, 0.1) is 5.92 Å². The predicted octanol–water partition coefficient (Wildman–Crippen LogP) is 4.76. The second kappa shape index (κ2) is 8.70. The summed E-state index contributed by atoms with van der Waals surface area (Å²) in [6, 6.07) is 7.84. The van der Waals surface area contributed by atoms with E-state index in [2.05, 4.69) is 9.88 Å². The van der Waals surface area contributed by atoms with Crippen molar-refractivity contribution in [3.8, 4) is 11.1 Å². The first kappa shape index (κ1) is 20.1. The average Bonchev–Trinajstić information content (AvgIpc) is 3.28. The molecule has 1 aliphatic heterocycles. The Bertz CT molecular complexity index is 879. The molecular formula is C23H29ClN4O. The van der Waals surface area contributed by atoms with Gasteiger partial charge in [0.25, 0.3) is 0 Å². The smallest absolute Gasteiger partial charge is 0.225 e. The van der Waals surface area contributed by atoms with Gasteiger partial charge in [0.1, 0.15) is 0 Å². The number of likely N-dealkylation sites (tertiary alicyclic amines) is 1. The third-order valence-corrected chi connectivity index (χ3v) is 6.40. The molecule has 1 aromatic heterocycles. The number of halogens is 1. The molecule has 1 saturated heterocycles. The molecule has 1 aromatic carbocycles. The quantitative estimate of drug-likeness (QED) is 0.726. The summed E-state index contributed by atoms with van der Waals surface area (Å²) in [7, 11) is 3.91. The van der Waals surface area contributed by atoms with Gasteiger partial charge in [0.05, 0.1) is 5.69 Å². The molecule has 1 aliphatic carbocycles. The number of nitrogens with zero attached hydrogens (tertiary/aromatic N) is 4. The third kappa shape index (κ3) is 4.40. The molecule has 2 aliphatic rings. The first-order valence-electron chi connectivity index (χ1n) is 10.6. The highest BCUT2D eigenvalue weighted by atomic mass is 35.5. The van der Waals surface area contributed by atoms with Crippen molar-refractivity contribution in [1.29, 1.82) is 0 Å². The van der Waals surface area contributed by atoms with Crippen LogP contribution in [-0.2, 0) is 4.79 Å². The van der Waals surface area contributed by atoms with Crippen LogP contribution in [0.2, 0.25) is 5.02 Å². The molecule has 0 radical (unpaired) electrons. The van der Waals surface area contributed by atoms with Crippen molar-refractivity contribution >= 4 is 23.5 Å². The van der Waals surface area contributed by atoms with Crippen molar-refractivity contribution in [2.75, 3.05) is 32.1 Å². The third-order valence-electron chi connectivity index (χ3n) is 6.17. The summed E-state index contributed by atoms with van der Waals surface area (Å²) in [6.45, 7) is 1.61. The summed E-state index contributed by atoms with van der Waals surface area (Å²) in [6.07, 6.45) is 8.42. The molecule has 6 heteroatoms. The molecular weight excluding hydrogens is 384 g/mol. The van der Waals surface area contributed by atoms with E-state index in [-0.39, 0.29) is 11.8 Å². The second-order valence-electron chi connectivity index (χ2n) is 8.48. The van der Waals surface area contributed by atoms with Gasteiger partial charge in [-0.2, -0.15) is 0 Å². The van der Waals surface area contributed by atoms with E-state index < -0.39 is 0 Å². The fourth-order valence-electron chi connectivity index (χ4n) is 4.62. The lowest BCUT2D eigenvalue weighted by molar-refractivity contribution is -0.136. The van der Waals surface area contributed by atoms with Crippen LogP contribution < -0.4 is 4.90 Å². The average molecular weight is 413 g/mol. The summed E-state index contributed by atoms with van der Waals surface area (Å²) in [5.41, 5.74) is 3.06. The van der Waals surface area contributed by atoms with Crippen molar-refractivity contribution in [3.63, 3.8) is 0 Å². The summed E-state index contributed by atoms with van der Waals surface area (Å²) >= 11 is 6.25. The molecule has 0 unspecified atom stereocenters. The van der Waals surface area contributed by atoms with E-state index in [9.17, 15) is 4.79 Å². The number of carbonyl (C=O) groups excluding carboxylic acids is 1. The fraction of sp³-hybridized carbons (Fsp3) is 0.522. The number of anilines is 1. The number of aromatic nitrogens is 2. The van der Waals surface area contributed by atoms with E-state index in [1.54, 1.807) is 0 Å². The van der Waals surface area contributed by atoms with Gasteiger partial charge in [-0.1, -0.05) is 36.6 Å². The fourth-order valence-corrected chi connectivity index (χ4v) is 4.81. The molecule has 2 heterocycles. The Morgan fingerprint density at radius 3 is 2.69 bits per heavy atom. The highest BCUT2D eigenvalue weighted by Gasteiger charge is 2.32. The SMILES string of the molecule is CN(C)c1ncc(-c2cccc(Cl)c2)c([C@@H]2CCCN(C(=O)C3CCCC3)C2)n1. The molecule has 5 nitrogen and oxygen atoms in total. The van der Waals surface area contributed by atoms with Crippen LogP contribution in [0.25, 0.3) is 11.1 Å². The predicted molar refractivity (Wildman–Crippen MR) is 117 cm³/mol. The Labute approximate surface area is 178 Å². The normalized spacial score (nSPS) is 20.1. The van der Waals surface area contributed by atoms with Gasteiger partial charge in [0, 0.05) is 55.8 Å². The lowest BCUT2D eigenvalue weighted by Crippen LogP contribution is -2.42. The van der Waals surface area contributed by atoms with Crippen molar-refractivity contribution in [2.24, 2.45) is 5.92 Å².